The summed E-state index contributed by atoms with van der Waals surface area (Å²) in [6, 6.07) is 16.6. The van der Waals surface area contributed by atoms with Gasteiger partial charge in [0.25, 0.3) is 0 Å². The molecule has 1 aliphatic rings. The third-order valence-corrected chi connectivity index (χ3v) is 4.91. The van der Waals surface area contributed by atoms with Crippen LogP contribution in [0.4, 0.5) is 11.4 Å². The Labute approximate surface area is 161 Å². The minimum Gasteiger partial charge on any atom is -0.492 e. The number of hydrogen-bond donors (Lipinski definition) is 1. The Morgan fingerprint density at radius 3 is 2.59 bits per heavy atom. The minimum atomic E-state index is -0.00172. The molecule has 2 aromatic carbocycles. The average Bonchev–Trinajstić information content (AvgIpc) is 2.65. The van der Waals surface area contributed by atoms with Crippen molar-refractivity contribution in [3.05, 3.63) is 54.1 Å². The Hall–Kier alpha value is -2.53. The van der Waals surface area contributed by atoms with Crippen LogP contribution in [0.1, 0.15) is 19.4 Å². The lowest BCUT2D eigenvalue weighted by Crippen LogP contribution is -2.53. The molecule has 0 unspecified atom stereocenters. The summed E-state index contributed by atoms with van der Waals surface area (Å²) in [4.78, 5) is 17.1. The molecule has 1 aliphatic heterocycles. The number of anilines is 2. The number of para-hydroxylation sites is 2. The van der Waals surface area contributed by atoms with Gasteiger partial charge in [0, 0.05) is 31.4 Å². The van der Waals surface area contributed by atoms with E-state index in [0.717, 1.165) is 25.3 Å². The summed E-state index contributed by atoms with van der Waals surface area (Å²) in [5.74, 6) is 0.712. The molecule has 1 atom stereocenters. The van der Waals surface area contributed by atoms with Crippen LogP contribution in [0.3, 0.4) is 0 Å². The van der Waals surface area contributed by atoms with Crippen LogP contribution in [0.25, 0.3) is 0 Å². The maximum absolute atomic E-state index is 12.5. The number of benzene rings is 2. The van der Waals surface area contributed by atoms with Gasteiger partial charge in [-0.05, 0) is 45.0 Å². The Morgan fingerprint density at radius 2 is 1.89 bits per heavy atom. The first kappa shape index (κ1) is 19.2. The molecule has 3 rings (SSSR count). The zero-order valence-corrected chi connectivity index (χ0v) is 16.4. The standard InChI is InChI=1S/C22H29N3O2/c1-4-27-21-8-6-5-7-20(21)23-22(26)16-24-13-14-25(18(3)15-24)19-11-9-17(2)10-12-19/h5-12,18H,4,13-16H2,1-3H3,(H,23,26)/t18-/m0/s1. The minimum absolute atomic E-state index is 0.00172. The molecule has 144 valence electrons. The SMILES string of the molecule is CCOc1ccccc1NC(=O)CN1CCN(c2ccc(C)cc2)[C@@H](C)C1. The first-order chi connectivity index (χ1) is 13.1. The van der Waals surface area contributed by atoms with Crippen molar-refractivity contribution < 1.29 is 9.53 Å². The Morgan fingerprint density at radius 1 is 1.15 bits per heavy atom. The molecule has 5 nitrogen and oxygen atoms in total. The fourth-order valence-corrected chi connectivity index (χ4v) is 3.54. The van der Waals surface area contributed by atoms with Crippen molar-refractivity contribution in [3.8, 4) is 5.75 Å². The van der Waals surface area contributed by atoms with Crippen LogP contribution in [0.5, 0.6) is 5.75 Å². The quantitative estimate of drug-likeness (QED) is 0.848. The number of hydrogen-bond acceptors (Lipinski definition) is 4. The van der Waals surface area contributed by atoms with E-state index in [0.29, 0.717) is 24.9 Å². The smallest absolute Gasteiger partial charge is 0.238 e. The van der Waals surface area contributed by atoms with Crippen LogP contribution in [0.15, 0.2) is 48.5 Å². The fourth-order valence-electron chi connectivity index (χ4n) is 3.54. The van der Waals surface area contributed by atoms with Crippen LogP contribution in [-0.2, 0) is 4.79 Å². The molecule has 1 heterocycles. The van der Waals surface area contributed by atoms with Crippen LogP contribution in [0.2, 0.25) is 0 Å². The molecule has 27 heavy (non-hydrogen) atoms. The molecular formula is C22H29N3O2. The average molecular weight is 367 g/mol. The molecule has 0 bridgehead atoms. The van der Waals surface area contributed by atoms with Crippen LogP contribution in [-0.4, -0.2) is 49.6 Å². The fraction of sp³-hybridized carbons (Fsp3) is 0.409. The van der Waals surface area contributed by atoms with E-state index < -0.39 is 0 Å². The van der Waals surface area contributed by atoms with Crippen molar-refractivity contribution in [2.45, 2.75) is 26.8 Å². The lowest BCUT2D eigenvalue weighted by Gasteiger charge is -2.41. The molecule has 0 radical (unpaired) electrons. The third kappa shape index (κ3) is 5.01. The van der Waals surface area contributed by atoms with Gasteiger partial charge in [0.15, 0.2) is 0 Å². The van der Waals surface area contributed by atoms with Crippen molar-refractivity contribution in [1.82, 2.24) is 4.90 Å². The zero-order valence-electron chi connectivity index (χ0n) is 16.4. The monoisotopic (exact) mass is 367 g/mol. The van der Waals surface area contributed by atoms with E-state index in [-0.39, 0.29) is 5.91 Å². The van der Waals surface area contributed by atoms with Gasteiger partial charge in [-0.3, -0.25) is 9.69 Å². The first-order valence-electron chi connectivity index (χ1n) is 9.64. The maximum atomic E-state index is 12.5. The van der Waals surface area contributed by atoms with Gasteiger partial charge in [0.1, 0.15) is 5.75 Å². The molecule has 2 aromatic rings. The summed E-state index contributed by atoms with van der Waals surface area (Å²) in [6.45, 7) is 9.90. The summed E-state index contributed by atoms with van der Waals surface area (Å²) in [6.07, 6.45) is 0. The second-order valence-electron chi connectivity index (χ2n) is 7.09. The number of nitrogens with one attached hydrogen (secondary N) is 1. The van der Waals surface area contributed by atoms with Gasteiger partial charge in [-0.1, -0.05) is 29.8 Å². The van der Waals surface area contributed by atoms with Gasteiger partial charge in [0.2, 0.25) is 5.91 Å². The van der Waals surface area contributed by atoms with Gasteiger partial charge in [-0.2, -0.15) is 0 Å². The number of amides is 1. The number of nitrogens with zero attached hydrogens (tertiary/aromatic N) is 2. The second-order valence-corrected chi connectivity index (χ2v) is 7.09. The molecule has 1 saturated heterocycles. The topological polar surface area (TPSA) is 44.8 Å². The van der Waals surface area contributed by atoms with E-state index in [1.54, 1.807) is 0 Å². The molecule has 1 N–H and O–H groups in total. The summed E-state index contributed by atoms with van der Waals surface area (Å²) < 4.78 is 5.58. The van der Waals surface area contributed by atoms with Crippen molar-refractivity contribution in [2.75, 3.05) is 43.0 Å². The third-order valence-electron chi connectivity index (χ3n) is 4.91. The van der Waals surface area contributed by atoms with E-state index in [9.17, 15) is 4.79 Å². The molecule has 1 fully saturated rings. The van der Waals surface area contributed by atoms with Crippen molar-refractivity contribution in [2.24, 2.45) is 0 Å². The predicted molar refractivity (Wildman–Crippen MR) is 111 cm³/mol. The van der Waals surface area contributed by atoms with Crippen LogP contribution < -0.4 is 15.0 Å². The molecular weight excluding hydrogens is 338 g/mol. The molecule has 0 aliphatic carbocycles. The molecule has 1 amide bonds. The highest BCUT2D eigenvalue weighted by atomic mass is 16.5. The Bertz CT molecular complexity index is 760. The Balaban J connectivity index is 1.55. The number of carbonyl (C=O) groups excluding carboxylic acids is 1. The summed E-state index contributed by atoms with van der Waals surface area (Å²) in [5.41, 5.74) is 3.26. The number of ether oxygens (including phenoxy) is 1. The summed E-state index contributed by atoms with van der Waals surface area (Å²) >= 11 is 0. The number of aryl methyl sites for hydroxylation is 1. The number of rotatable bonds is 6. The maximum Gasteiger partial charge on any atom is 0.238 e. The number of carbonyl (C=O) groups is 1. The molecule has 5 heteroatoms. The lowest BCUT2D eigenvalue weighted by atomic mass is 10.1. The van der Waals surface area contributed by atoms with E-state index >= 15 is 0 Å². The van der Waals surface area contributed by atoms with Gasteiger partial charge >= 0.3 is 0 Å². The van der Waals surface area contributed by atoms with E-state index in [1.807, 2.05) is 31.2 Å². The van der Waals surface area contributed by atoms with Crippen LogP contribution >= 0.6 is 0 Å². The van der Waals surface area contributed by atoms with Gasteiger partial charge in [0.05, 0.1) is 18.8 Å². The van der Waals surface area contributed by atoms with Gasteiger partial charge < -0.3 is 15.0 Å². The highest BCUT2D eigenvalue weighted by molar-refractivity contribution is 5.93. The summed E-state index contributed by atoms with van der Waals surface area (Å²) in [5, 5.41) is 2.99. The second kappa shape index (κ2) is 8.91. The van der Waals surface area contributed by atoms with E-state index in [2.05, 4.69) is 53.2 Å². The van der Waals surface area contributed by atoms with Crippen LogP contribution in [0, 0.1) is 6.92 Å². The lowest BCUT2D eigenvalue weighted by molar-refractivity contribution is -0.117. The number of piperazine rings is 1. The normalized spacial score (nSPS) is 17.6. The van der Waals surface area contributed by atoms with Crippen molar-refractivity contribution in [3.63, 3.8) is 0 Å². The van der Waals surface area contributed by atoms with Gasteiger partial charge in [-0.25, -0.2) is 0 Å². The molecule has 0 aromatic heterocycles. The largest absolute Gasteiger partial charge is 0.492 e. The highest BCUT2D eigenvalue weighted by Crippen LogP contribution is 2.24. The predicted octanol–water partition coefficient (Wildman–Crippen LogP) is 3.54. The van der Waals surface area contributed by atoms with E-state index in [1.165, 1.54) is 11.3 Å². The molecule has 0 saturated carbocycles. The highest BCUT2D eigenvalue weighted by Gasteiger charge is 2.25. The Kier molecular flexibility index (Phi) is 6.35. The first-order valence-corrected chi connectivity index (χ1v) is 9.64. The van der Waals surface area contributed by atoms with E-state index in [4.69, 9.17) is 4.74 Å². The zero-order chi connectivity index (χ0) is 19.2. The van der Waals surface area contributed by atoms with Crippen molar-refractivity contribution in [1.29, 1.82) is 0 Å². The molecule has 0 spiro atoms. The summed E-state index contributed by atoms with van der Waals surface area (Å²) in [7, 11) is 0. The van der Waals surface area contributed by atoms with Gasteiger partial charge in [-0.15, -0.1) is 0 Å². The van der Waals surface area contributed by atoms with Crippen molar-refractivity contribution >= 4 is 17.3 Å².